The fraction of sp³-hybridized carbons (Fsp3) is 0.692. The minimum absolute atomic E-state index is 0.172. The number of hydrogen-bond donors (Lipinski definition) is 2. The normalized spacial score (nSPS) is 20.7. The zero-order valence-corrected chi connectivity index (χ0v) is 11.0. The molecular formula is C13H20N4O. The lowest BCUT2D eigenvalue weighted by Gasteiger charge is -2.38. The quantitative estimate of drug-likeness (QED) is 0.840. The number of amides is 1. The highest BCUT2D eigenvalue weighted by Gasteiger charge is 2.46. The molecule has 0 bridgehead atoms. The third-order valence-electron chi connectivity index (χ3n) is 4.23. The lowest BCUT2D eigenvalue weighted by molar-refractivity contribution is -0.129. The average molecular weight is 248 g/mol. The molecule has 2 aliphatic rings. The van der Waals surface area contributed by atoms with Crippen molar-refractivity contribution in [3.63, 3.8) is 0 Å². The molecule has 2 heterocycles. The highest BCUT2D eigenvalue weighted by molar-refractivity contribution is 6.00. The molecule has 1 spiro atoms. The van der Waals surface area contributed by atoms with E-state index in [2.05, 4.69) is 22.7 Å². The molecule has 0 unspecified atom stereocenters. The van der Waals surface area contributed by atoms with E-state index >= 15 is 0 Å². The smallest absolute Gasteiger partial charge is 0.232 e. The summed E-state index contributed by atoms with van der Waals surface area (Å²) in [6, 6.07) is 0. The molecular weight excluding hydrogens is 228 g/mol. The molecule has 1 aliphatic carbocycles. The van der Waals surface area contributed by atoms with E-state index in [1.165, 1.54) is 0 Å². The molecule has 98 valence electrons. The standard InChI is InChI=1S/C13H20N4O/c1-3-5-9-10-11(17(2)16-9)14-8-13(6-4-7-13)12(18)15-10/h14H,3-8H2,1-2H3,(H,15,18). The molecule has 5 heteroatoms. The second-order valence-electron chi connectivity index (χ2n) is 5.49. The van der Waals surface area contributed by atoms with Gasteiger partial charge in [-0.1, -0.05) is 19.8 Å². The number of aromatic nitrogens is 2. The summed E-state index contributed by atoms with van der Waals surface area (Å²) in [6.45, 7) is 2.86. The summed E-state index contributed by atoms with van der Waals surface area (Å²) in [5, 5.41) is 11.0. The van der Waals surface area contributed by atoms with Crippen LogP contribution >= 0.6 is 0 Å². The predicted octanol–water partition coefficient (Wildman–Crippen LogP) is 1.91. The first-order valence-corrected chi connectivity index (χ1v) is 6.77. The Morgan fingerprint density at radius 3 is 2.83 bits per heavy atom. The van der Waals surface area contributed by atoms with Crippen LogP contribution in [0.15, 0.2) is 0 Å². The molecule has 3 rings (SSSR count). The van der Waals surface area contributed by atoms with E-state index < -0.39 is 0 Å². The van der Waals surface area contributed by atoms with Gasteiger partial charge in [0.1, 0.15) is 11.5 Å². The molecule has 0 atom stereocenters. The fourth-order valence-corrected chi connectivity index (χ4v) is 2.91. The molecule has 1 aromatic heterocycles. The van der Waals surface area contributed by atoms with Crippen LogP contribution in [0.3, 0.4) is 0 Å². The molecule has 1 amide bonds. The summed E-state index contributed by atoms with van der Waals surface area (Å²) in [6.07, 6.45) is 5.08. The van der Waals surface area contributed by atoms with E-state index in [0.717, 1.165) is 55.8 Å². The van der Waals surface area contributed by atoms with Crippen molar-refractivity contribution in [3.8, 4) is 0 Å². The van der Waals surface area contributed by atoms with Crippen LogP contribution in [0, 0.1) is 5.41 Å². The summed E-state index contributed by atoms with van der Waals surface area (Å²) in [5.41, 5.74) is 1.71. The third-order valence-corrected chi connectivity index (χ3v) is 4.23. The van der Waals surface area contributed by atoms with Gasteiger partial charge in [-0.25, -0.2) is 0 Å². The minimum Gasteiger partial charge on any atom is -0.367 e. The molecule has 0 saturated heterocycles. The molecule has 18 heavy (non-hydrogen) atoms. The maximum absolute atomic E-state index is 12.4. The Morgan fingerprint density at radius 2 is 2.22 bits per heavy atom. The fourth-order valence-electron chi connectivity index (χ4n) is 2.91. The van der Waals surface area contributed by atoms with Crippen LogP contribution in [-0.2, 0) is 18.3 Å². The summed E-state index contributed by atoms with van der Waals surface area (Å²) < 4.78 is 1.85. The van der Waals surface area contributed by atoms with Gasteiger partial charge in [0.25, 0.3) is 0 Å². The topological polar surface area (TPSA) is 59.0 Å². The van der Waals surface area contributed by atoms with Gasteiger partial charge in [0.2, 0.25) is 5.91 Å². The van der Waals surface area contributed by atoms with Crippen LogP contribution in [-0.4, -0.2) is 22.2 Å². The van der Waals surface area contributed by atoms with Crippen LogP contribution in [0.1, 0.15) is 38.3 Å². The molecule has 5 nitrogen and oxygen atoms in total. The highest BCUT2D eigenvalue weighted by atomic mass is 16.2. The van der Waals surface area contributed by atoms with Gasteiger partial charge >= 0.3 is 0 Å². The van der Waals surface area contributed by atoms with Crippen molar-refractivity contribution in [1.29, 1.82) is 0 Å². The van der Waals surface area contributed by atoms with Crippen LogP contribution < -0.4 is 10.6 Å². The Balaban J connectivity index is 1.96. The maximum atomic E-state index is 12.4. The van der Waals surface area contributed by atoms with Gasteiger partial charge in [-0.05, 0) is 19.3 Å². The van der Waals surface area contributed by atoms with Crippen molar-refractivity contribution >= 4 is 17.4 Å². The Bertz CT molecular complexity index is 487. The number of fused-ring (bicyclic) bond motifs is 1. The van der Waals surface area contributed by atoms with E-state index in [1.807, 2.05) is 11.7 Å². The zero-order chi connectivity index (χ0) is 12.8. The van der Waals surface area contributed by atoms with Crippen LogP contribution in [0.2, 0.25) is 0 Å². The van der Waals surface area contributed by atoms with E-state index in [9.17, 15) is 4.79 Å². The summed E-state index contributed by atoms with van der Waals surface area (Å²) in [5.74, 6) is 1.13. The Kier molecular flexibility index (Phi) is 2.57. The number of nitrogens with one attached hydrogen (secondary N) is 2. The first-order chi connectivity index (χ1) is 8.66. The maximum Gasteiger partial charge on any atom is 0.232 e. The second-order valence-corrected chi connectivity index (χ2v) is 5.49. The number of carbonyl (C=O) groups excluding carboxylic acids is 1. The number of rotatable bonds is 2. The molecule has 1 saturated carbocycles. The Morgan fingerprint density at radius 1 is 1.44 bits per heavy atom. The van der Waals surface area contributed by atoms with Gasteiger partial charge in [0.05, 0.1) is 11.1 Å². The van der Waals surface area contributed by atoms with Crippen molar-refractivity contribution in [2.45, 2.75) is 39.0 Å². The van der Waals surface area contributed by atoms with Crippen molar-refractivity contribution in [2.75, 3.05) is 17.2 Å². The highest BCUT2D eigenvalue weighted by Crippen LogP contribution is 2.45. The summed E-state index contributed by atoms with van der Waals surface area (Å²) in [4.78, 5) is 12.4. The third kappa shape index (κ3) is 1.53. The van der Waals surface area contributed by atoms with Gasteiger partial charge in [0.15, 0.2) is 0 Å². The first kappa shape index (κ1) is 11.6. The van der Waals surface area contributed by atoms with Gasteiger partial charge in [-0.2, -0.15) is 5.10 Å². The van der Waals surface area contributed by atoms with Crippen molar-refractivity contribution in [2.24, 2.45) is 12.5 Å². The van der Waals surface area contributed by atoms with Crippen molar-refractivity contribution < 1.29 is 4.79 Å². The number of carbonyl (C=O) groups is 1. The lowest BCUT2D eigenvalue weighted by atomic mass is 9.68. The van der Waals surface area contributed by atoms with Crippen LogP contribution in [0.25, 0.3) is 0 Å². The lowest BCUT2D eigenvalue weighted by Crippen LogP contribution is -2.45. The van der Waals surface area contributed by atoms with E-state index in [0.29, 0.717) is 0 Å². The SMILES string of the molecule is CCCc1nn(C)c2c1NC(=O)C1(CCC1)CN2. The van der Waals surface area contributed by atoms with Crippen LogP contribution in [0.5, 0.6) is 0 Å². The number of nitrogens with zero attached hydrogens (tertiary/aromatic N) is 2. The summed E-state index contributed by atoms with van der Waals surface area (Å²) in [7, 11) is 1.93. The molecule has 2 N–H and O–H groups in total. The van der Waals surface area contributed by atoms with E-state index in [1.54, 1.807) is 0 Å². The Labute approximate surface area is 107 Å². The molecule has 1 aliphatic heterocycles. The van der Waals surface area contributed by atoms with Gasteiger partial charge in [0, 0.05) is 13.6 Å². The predicted molar refractivity (Wildman–Crippen MR) is 70.6 cm³/mol. The molecule has 1 aromatic rings. The second kappa shape index (κ2) is 4.00. The van der Waals surface area contributed by atoms with Crippen molar-refractivity contribution in [1.82, 2.24) is 9.78 Å². The minimum atomic E-state index is -0.178. The number of anilines is 2. The summed E-state index contributed by atoms with van der Waals surface area (Å²) >= 11 is 0. The Hall–Kier alpha value is -1.52. The van der Waals surface area contributed by atoms with Gasteiger partial charge in [-0.3, -0.25) is 9.48 Å². The van der Waals surface area contributed by atoms with E-state index in [-0.39, 0.29) is 11.3 Å². The van der Waals surface area contributed by atoms with Crippen molar-refractivity contribution in [3.05, 3.63) is 5.69 Å². The van der Waals surface area contributed by atoms with Gasteiger partial charge < -0.3 is 10.6 Å². The molecule has 0 aromatic carbocycles. The molecule has 0 radical (unpaired) electrons. The first-order valence-electron chi connectivity index (χ1n) is 6.77. The monoisotopic (exact) mass is 248 g/mol. The van der Waals surface area contributed by atoms with Gasteiger partial charge in [-0.15, -0.1) is 0 Å². The zero-order valence-electron chi connectivity index (χ0n) is 11.0. The van der Waals surface area contributed by atoms with E-state index in [4.69, 9.17) is 0 Å². The largest absolute Gasteiger partial charge is 0.367 e. The molecule has 1 fully saturated rings. The number of aryl methyl sites for hydroxylation is 2. The number of hydrogen-bond acceptors (Lipinski definition) is 3. The average Bonchev–Trinajstić information content (AvgIpc) is 2.48. The van der Waals surface area contributed by atoms with Crippen LogP contribution in [0.4, 0.5) is 11.5 Å².